The molecule has 0 bridgehead atoms. The zero-order chi connectivity index (χ0) is 19.4. The SMILES string of the molecule is CCN(Cc1ccc(C(=O)N2C[C@@H](N)[C@H](c3ccccc3)C2)cc1)C(C)C.Cl.Cl. The van der Waals surface area contributed by atoms with Crippen LogP contribution < -0.4 is 5.73 Å². The van der Waals surface area contributed by atoms with Gasteiger partial charge >= 0.3 is 0 Å². The molecule has 6 heteroatoms. The summed E-state index contributed by atoms with van der Waals surface area (Å²) in [5.41, 5.74) is 9.53. The van der Waals surface area contributed by atoms with Gasteiger partial charge in [0.2, 0.25) is 0 Å². The van der Waals surface area contributed by atoms with Crippen molar-refractivity contribution < 1.29 is 4.79 Å². The Balaban J connectivity index is 0.00000210. The van der Waals surface area contributed by atoms with Crippen molar-refractivity contribution in [3.05, 3.63) is 71.3 Å². The minimum absolute atomic E-state index is 0. The van der Waals surface area contributed by atoms with E-state index in [0.717, 1.165) is 18.7 Å². The standard InChI is InChI=1S/C23H31N3O.2ClH/c1-4-25(17(2)3)14-18-10-12-20(13-11-18)23(27)26-15-21(22(24)16-26)19-8-6-5-7-9-19;;/h5-13,17,21-22H,4,14-16,24H2,1-3H3;2*1H/t21-,22+;;/m0../s1. The maximum atomic E-state index is 12.9. The van der Waals surface area contributed by atoms with Crippen LogP contribution in [0.3, 0.4) is 0 Å². The Morgan fingerprint density at radius 3 is 2.24 bits per heavy atom. The van der Waals surface area contributed by atoms with Crippen molar-refractivity contribution in [3.63, 3.8) is 0 Å². The summed E-state index contributed by atoms with van der Waals surface area (Å²) in [5.74, 6) is 0.283. The van der Waals surface area contributed by atoms with Crippen LogP contribution in [0.15, 0.2) is 54.6 Å². The number of amides is 1. The first-order chi connectivity index (χ1) is 13.0. The Morgan fingerprint density at radius 1 is 1.07 bits per heavy atom. The van der Waals surface area contributed by atoms with Gasteiger partial charge in [0.15, 0.2) is 0 Å². The number of hydrogen-bond donors (Lipinski definition) is 1. The summed E-state index contributed by atoms with van der Waals surface area (Å²) >= 11 is 0. The molecule has 4 nitrogen and oxygen atoms in total. The van der Waals surface area contributed by atoms with E-state index in [-0.39, 0.29) is 42.7 Å². The van der Waals surface area contributed by atoms with Crippen LogP contribution >= 0.6 is 24.8 Å². The van der Waals surface area contributed by atoms with E-state index in [9.17, 15) is 4.79 Å². The lowest BCUT2D eigenvalue weighted by atomic mass is 9.95. The van der Waals surface area contributed by atoms with Gasteiger partial charge in [-0.25, -0.2) is 0 Å². The van der Waals surface area contributed by atoms with E-state index in [0.29, 0.717) is 19.1 Å². The minimum atomic E-state index is -0.0141. The fourth-order valence-corrected chi connectivity index (χ4v) is 3.88. The molecule has 0 radical (unpaired) electrons. The molecule has 1 aliphatic rings. The Labute approximate surface area is 187 Å². The number of halogens is 2. The van der Waals surface area contributed by atoms with Gasteiger partial charge in [0.05, 0.1) is 0 Å². The summed E-state index contributed by atoms with van der Waals surface area (Å²) < 4.78 is 0. The molecule has 1 fully saturated rings. The van der Waals surface area contributed by atoms with E-state index in [2.05, 4.69) is 49.9 Å². The predicted octanol–water partition coefficient (Wildman–Crippen LogP) is 4.33. The maximum absolute atomic E-state index is 12.9. The molecule has 2 N–H and O–H groups in total. The fraction of sp³-hybridized carbons (Fsp3) is 0.435. The molecule has 1 aliphatic heterocycles. The summed E-state index contributed by atoms with van der Waals surface area (Å²) in [5, 5.41) is 0. The Kier molecular flexibility index (Phi) is 10.1. The zero-order valence-corrected chi connectivity index (χ0v) is 19.1. The van der Waals surface area contributed by atoms with E-state index in [1.807, 2.05) is 35.2 Å². The lowest BCUT2D eigenvalue weighted by Gasteiger charge is -2.24. The van der Waals surface area contributed by atoms with Gasteiger partial charge in [-0.2, -0.15) is 0 Å². The number of likely N-dealkylation sites (tertiary alicyclic amines) is 1. The molecule has 3 rings (SSSR count). The lowest BCUT2D eigenvalue weighted by molar-refractivity contribution is 0.0789. The first-order valence-electron chi connectivity index (χ1n) is 9.92. The molecule has 1 saturated heterocycles. The second-order valence-corrected chi connectivity index (χ2v) is 7.74. The third-order valence-corrected chi connectivity index (χ3v) is 5.60. The largest absolute Gasteiger partial charge is 0.336 e. The Morgan fingerprint density at radius 2 is 1.69 bits per heavy atom. The average Bonchev–Trinajstić information content (AvgIpc) is 3.08. The van der Waals surface area contributed by atoms with E-state index < -0.39 is 0 Å². The normalized spacial score (nSPS) is 18.5. The molecular weight excluding hydrogens is 405 g/mol. The molecule has 1 amide bonds. The molecule has 0 spiro atoms. The highest BCUT2D eigenvalue weighted by Gasteiger charge is 2.34. The molecule has 160 valence electrons. The van der Waals surface area contributed by atoms with Gasteiger partial charge in [0, 0.05) is 43.2 Å². The van der Waals surface area contributed by atoms with Gasteiger partial charge in [0.25, 0.3) is 5.91 Å². The van der Waals surface area contributed by atoms with Crippen LogP contribution in [0.25, 0.3) is 0 Å². The molecule has 2 aromatic rings. The van der Waals surface area contributed by atoms with Crippen molar-refractivity contribution in [1.82, 2.24) is 9.80 Å². The van der Waals surface area contributed by atoms with Crippen LogP contribution in [0.1, 0.15) is 48.2 Å². The van der Waals surface area contributed by atoms with Gasteiger partial charge in [-0.05, 0) is 43.7 Å². The van der Waals surface area contributed by atoms with Crippen LogP contribution in [0.4, 0.5) is 0 Å². The maximum Gasteiger partial charge on any atom is 0.253 e. The summed E-state index contributed by atoms with van der Waals surface area (Å²) in [7, 11) is 0. The van der Waals surface area contributed by atoms with Crippen LogP contribution in [-0.2, 0) is 6.54 Å². The van der Waals surface area contributed by atoms with E-state index in [4.69, 9.17) is 5.73 Å². The molecule has 29 heavy (non-hydrogen) atoms. The first-order valence-corrected chi connectivity index (χ1v) is 9.92. The van der Waals surface area contributed by atoms with Crippen LogP contribution in [0.2, 0.25) is 0 Å². The Hall–Kier alpha value is -1.59. The molecule has 0 unspecified atom stereocenters. The molecule has 2 aromatic carbocycles. The average molecular weight is 438 g/mol. The molecule has 0 saturated carbocycles. The summed E-state index contributed by atoms with van der Waals surface area (Å²) in [6, 6.07) is 18.8. The van der Waals surface area contributed by atoms with Crippen LogP contribution in [0.5, 0.6) is 0 Å². The van der Waals surface area contributed by atoms with Crippen molar-refractivity contribution in [2.24, 2.45) is 5.73 Å². The van der Waals surface area contributed by atoms with Gasteiger partial charge in [-0.3, -0.25) is 9.69 Å². The van der Waals surface area contributed by atoms with Gasteiger partial charge in [0.1, 0.15) is 0 Å². The third kappa shape index (κ3) is 6.19. The highest BCUT2D eigenvalue weighted by Crippen LogP contribution is 2.27. The third-order valence-electron chi connectivity index (χ3n) is 5.60. The predicted molar refractivity (Wildman–Crippen MR) is 125 cm³/mol. The highest BCUT2D eigenvalue weighted by molar-refractivity contribution is 5.94. The first kappa shape index (κ1) is 25.4. The van der Waals surface area contributed by atoms with Crippen molar-refractivity contribution in [1.29, 1.82) is 0 Å². The van der Waals surface area contributed by atoms with Crippen LogP contribution in [-0.4, -0.2) is 47.4 Å². The monoisotopic (exact) mass is 437 g/mol. The number of nitrogens with zero attached hydrogens (tertiary/aromatic N) is 2. The van der Waals surface area contributed by atoms with Crippen molar-refractivity contribution in [3.8, 4) is 0 Å². The van der Waals surface area contributed by atoms with Crippen LogP contribution in [0, 0.1) is 0 Å². The van der Waals surface area contributed by atoms with Gasteiger partial charge < -0.3 is 10.6 Å². The zero-order valence-electron chi connectivity index (χ0n) is 17.5. The van der Waals surface area contributed by atoms with E-state index in [1.165, 1.54) is 11.1 Å². The lowest BCUT2D eigenvalue weighted by Crippen LogP contribution is -2.32. The summed E-state index contributed by atoms with van der Waals surface area (Å²) in [6.45, 7) is 9.82. The number of rotatable bonds is 6. The second kappa shape index (κ2) is 11.6. The molecule has 0 aromatic heterocycles. The minimum Gasteiger partial charge on any atom is -0.336 e. The van der Waals surface area contributed by atoms with E-state index in [1.54, 1.807) is 0 Å². The summed E-state index contributed by atoms with van der Waals surface area (Å²) in [6.07, 6.45) is 0. The second-order valence-electron chi connectivity index (χ2n) is 7.74. The number of carbonyl (C=O) groups excluding carboxylic acids is 1. The smallest absolute Gasteiger partial charge is 0.253 e. The van der Waals surface area contributed by atoms with Gasteiger partial charge in [-0.15, -0.1) is 24.8 Å². The number of benzene rings is 2. The quantitative estimate of drug-likeness (QED) is 0.731. The number of carbonyl (C=O) groups is 1. The Bertz CT molecular complexity index is 752. The summed E-state index contributed by atoms with van der Waals surface area (Å²) in [4.78, 5) is 17.2. The molecule has 0 aliphatic carbocycles. The van der Waals surface area contributed by atoms with Crippen molar-refractivity contribution >= 4 is 30.7 Å². The highest BCUT2D eigenvalue weighted by atomic mass is 35.5. The van der Waals surface area contributed by atoms with E-state index >= 15 is 0 Å². The topological polar surface area (TPSA) is 49.6 Å². The number of nitrogens with two attached hydrogens (primary N) is 1. The van der Waals surface area contributed by atoms with Crippen molar-refractivity contribution in [2.75, 3.05) is 19.6 Å². The van der Waals surface area contributed by atoms with Gasteiger partial charge in [-0.1, -0.05) is 49.4 Å². The molecular formula is C23H33Cl2N3O. The van der Waals surface area contributed by atoms with Crippen molar-refractivity contribution in [2.45, 2.75) is 45.3 Å². The number of hydrogen-bond acceptors (Lipinski definition) is 3. The molecule has 1 heterocycles. The molecule has 2 atom stereocenters. The fourth-order valence-electron chi connectivity index (χ4n) is 3.88.